The number of nitrogens with one attached hydrogen (secondary N) is 1. The van der Waals surface area contributed by atoms with E-state index in [1.54, 1.807) is 25.4 Å². The number of nitrogens with zero attached hydrogens (tertiary/aromatic N) is 3. The third-order valence-electron chi connectivity index (χ3n) is 3.11. The van der Waals surface area contributed by atoms with Gasteiger partial charge in [-0.25, -0.2) is 19.3 Å². The highest BCUT2D eigenvalue weighted by Crippen LogP contribution is 2.22. The number of benzene rings is 1. The van der Waals surface area contributed by atoms with E-state index >= 15 is 0 Å². The number of hydrogen-bond donors (Lipinski definition) is 1. The summed E-state index contributed by atoms with van der Waals surface area (Å²) in [5, 5.41) is 3.81. The number of hydrogen-bond acceptors (Lipinski definition) is 5. The van der Waals surface area contributed by atoms with Crippen molar-refractivity contribution in [2.45, 2.75) is 6.54 Å². The van der Waals surface area contributed by atoms with Gasteiger partial charge in [0.15, 0.2) is 0 Å². The highest BCUT2D eigenvalue weighted by Gasteiger charge is 2.08. The molecular weight excluding hydrogens is 271 g/mol. The maximum absolute atomic E-state index is 13.7. The standard InChI is InChI=1S/C15H13FN4O/c1-21-15-10(4-3-7-17-15)8-18-14-11-5-2-6-12(16)13(11)19-9-20-14/h2-7,9H,8H2,1H3,(H,18,19,20). The second-order valence-corrected chi connectivity index (χ2v) is 4.38. The largest absolute Gasteiger partial charge is 0.481 e. The van der Waals surface area contributed by atoms with Gasteiger partial charge < -0.3 is 10.1 Å². The van der Waals surface area contributed by atoms with E-state index in [-0.39, 0.29) is 5.82 Å². The van der Waals surface area contributed by atoms with Crippen LogP contribution in [-0.2, 0) is 6.54 Å². The Morgan fingerprint density at radius 3 is 2.90 bits per heavy atom. The monoisotopic (exact) mass is 284 g/mol. The molecule has 106 valence electrons. The number of halogens is 1. The minimum Gasteiger partial charge on any atom is -0.481 e. The molecule has 0 unspecified atom stereocenters. The summed E-state index contributed by atoms with van der Waals surface area (Å²) >= 11 is 0. The summed E-state index contributed by atoms with van der Waals surface area (Å²) in [7, 11) is 1.57. The van der Waals surface area contributed by atoms with Crippen LogP contribution in [0.3, 0.4) is 0 Å². The topological polar surface area (TPSA) is 59.9 Å². The maximum Gasteiger partial charge on any atom is 0.218 e. The maximum atomic E-state index is 13.7. The molecule has 0 fully saturated rings. The van der Waals surface area contributed by atoms with Gasteiger partial charge in [-0.05, 0) is 18.2 Å². The van der Waals surface area contributed by atoms with E-state index in [9.17, 15) is 4.39 Å². The molecular formula is C15H13FN4O. The van der Waals surface area contributed by atoms with E-state index in [4.69, 9.17) is 4.74 Å². The van der Waals surface area contributed by atoms with Crippen LogP contribution in [0, 0.1) is 5.82 Å². The van der Waals surface area contributed by atoms with E-state index < -0.39 is 0 Å². The van der Waals surface area contributed by atoms with Gasteiger partial charge in [0.25, 0.3) is 0 Å². The summed E-state index contributed by atoms with van der Waals surface area (Å²) < 4.78 is 18.9. The van der Waals surface area contributed by atoms with Crippen LogP contribution in [-0.4, -0.2) is 22.1 Å². The Morgan fingerprint density at radius 2 is 2.05 bits per heavy atom. The first-order valence-corrected chi connectivity index (χ1v) is 6.40. The number of para-hydroxylation sites is 1. The molecule has 2 heterocycles. The molecule has 0 atom stereocenters. The highest BCUT2D eigenvalue weighted by atomic mass is 19.1. The molecule has 0 aliphatic heterocycles. The number of aromatic nitrogens is 3. The Bertz CT molecular complexity index is 778. The van der Waals surface area contributed by atoms with Crippen molar-refractivity contribution in [1.29, 1.82) is 0 Å². The molecule has 5 nitrogen and oxygen atoms in total. The zero-order valence-corrected chi connectivity index (χ0v) is 11.4. The fraction of sp³-hybridized carbons (Fsp3) is 0.133. The van der Waals surface area contributed by atoms with Crippen molar-refractivity contribution in [2.24, 2.45) is 0 Å². The first-order valence-electron chi connectivity index (χ1n) is 6.40. The van der Waals surface area contributed by atoms with E-state index in [0.717, 1.165) is 5.56 Å². The van der Waals surface area contributed by atoms with E-state index in [2.05, 4.69) is 20.3 Å². The van der Waals surface area contributed by atoms with Gasteiger partial charge in [-0.2, -0.15) is 0 Å². The lowest BCUT2D eigenvalue weighted by molar-refractivity contribution is 0.393. The van der Waals surface area contributed by atoms with Gasteiger partial charge >= 0.3 is 0 Å². The predicted molar refractivity (Wildman–Crippen MR) is 77.6 cm³/mol. The predicted octanol–water partition coefficient (Wildman–Crippen LogP) is 2.78. The molecule has 0 saturated carbocycles. The van der Waals surface area contributed by atoms with E-state index in [0.29, 0.717) is 29.1 Å². The molecule has 2 aromatic heterocycles. The number of anilines is 1. The molecule has 0 amide bonds. The van der Waals surface area contributed by atoms with Crippen molar-refractivity contribution in [1.82, 2.24) is 15.0 Å². The summed E-state index contributed by atoms with van der Waals surface area (Å²) in [5.41, 5.74) is 1.19. The van der Waals surface area contributed by atoms with Crippen molar-refractivity contribution in [2.75, 3.05) is 12.4 Å². The summed E-state index contributed by atoms with van der Waals surface area (Å²) in [5.74, 6) is 0.761. The minimum absolute atomic E-state index is 0.299. The summed E-state index contributed by atoms with van der Waals surface area (Å²) in [4.78, 5) is 12.3. The van der Waals surface area contributed by atoms with Gasteiger partial charge in [-0.3, -0.25) is 0 Å². The first kappa shape index (κ1) is 13.2. The molecule has 21 heavy (non-hydrogen) atoms. The smallest absolute Gasteiger partial charge is 0.218 e. The van der Waals surface area contributed by atoms with Crippen molar-refractivity contribution >= 4 is 16.7 Å². The zero-order valence-electron chi connectivity index (χ0n) is 11.4. The molecule has 0 bridgehead atoms. The molecule has 0 aliphatic carbocycles. The number of fused-ring (bicyclic) bond motifs is 1. The Kier molecular flexibility index (Phi) is 3.59. The van der Waals surface area contributed by atoms with Gasteiger partial charge in [-0.1, -0.05) is 12.1 Å². The molecule has 3 rings (SSSR count). The molecule has 0 spiro atoms. The summed E-state index contributed by atoms with van der Waals surface area (Å²) in [6, 6.07) is 8.53. The van der Waals surface area contributed by atoms with Gasteiger partial charge in [0, 0.05) is 23.7 Å². The second kappa shape index (κ2) is 5.70. The SMILES string of the molecule is COc1ncccc1CNc1ncnc2c(F)cccc12. The Labute approximate surface area is 120 Å². The van der Waals surface area contributed by atoms with E-state index in [1.807, 2.05) is 12.1 Å². The van der Waals surface area contributed by atoms with Crippen LogP contribution < -0.4 is 10.1 Å². The van der Waals surface area contributed by atoms with E-state index in [1.165, 1.54) is 12.4 Å². The van der Waals surface area contributed by atoms with Crippen molar-refractivity contribution in [3.05, 3.63) is 54.2 Å². The van der Waals surface area contributed by atoms with Crippen molar-refractivity contribution in [3.63, 3.8) is 0 Å². The minimum atomic E-state index is -0.364. The molecule has 3 aromatic rings. The average molecular weight is 284 g/mol. The van der Waals surface area contributed by atoms with Crippen molar-refractivity contribution < 1.29 is 9.13 Å². The lowest BCUT2D eigenvalue weighted by Crippen LogP contribution is -2.05. The molecule has 0 aliphatic rings. The summed E-state index contributed by atoms with van der Waals surface area (Å²) in [6.07, 6.45) is 3.01. The van der Waals surface area contributed by atoms with Crippen LogP contribution in [0.25, 0.3) is 10.9 Å². The second-order valence-electron chi connectivity index (χ2n) is 4.38. The third kappa shape index (κ3) is 2.60. The number of rotatable bonds is 4. The van der Waals surface area contributed by atoms with Crippen LogP contribution in [0.2, 0.25) is 0 Å². The number of pyridine rings is 1. The summed E-state index contributed by atoms with van der Waals surface area (Å²) in [6.45, 7) is 0.472. The molecule has 6 heteroatoms. The van der Waals surface area contributed by atoms with Crippen LogP contribution >= 0.6 is 0 Å². The highest BCUT2D eigenvalue weighted by molar-refractivity contribution is 5.89. The molecule has 1 aromatic carbocycles. The van der Waals surface area contributed by atoms with Gasteiger partial charge in [0.2, 0.25) is 5.88 Å². The fourth-order valence-electron chi connectivity index (χ4n) is 2.11. The van der Waals surface area contributed by atoms with Gasteiger partial charge in [0.05, 0.1) is 7.11 Å². The molecule has 0 saturated heterocycles. The van der Waals surface area contributed by atoms with Crippen LogP contribution in [0.15, 0.2) is 42.9 Å². The quantitative estimate of drug-likeness (QED) is 0.798. The number of ether oxygens (including phenoxy) is 1. The van der Waals surface area contributed by atoms with Gasteiger partial charge in [-0.15, -0.1) is 0 Å². The van der Waals surface area contributed by atoms with Crippen LogP contribution in [0.5, 0.6) is 5.88 Å². The molecule has 1 N–H and O–H groups in total. The fourth-order valence-corrected chi connectivity index (χ4v) is 2.11. The normalized spacial score (nSPS) is 10.6. The average Bonchev–Trinajstić information content (AvgIpc) is 2.53. The van der Waals surface area contributed by atoms with Crippen molar-refractivity contribution in [3.8, 4) is 5.88 Å². The third-order valence-corrected chi connectivity index (χ3v) is 3.11. The molecule has 0 radical (unpaired) electrons. The Morgan fingerprint density at radius 1 is 1.14 bits per heavy atom. The van der Waals surface area contributed by atoms with Crippen LogP contribution in [0.1, 0.15) is 5.56 Å². The zero-order chi connectivity index (χ0) is 14.7. The lowest BCUT2D eigenvalue weighted by atomic mass is 10.2. The first-order chi connectivity index (χ1) is 10.3. The Hall–Kier alpha value is -2.76. The lowest BCUT2D eigenvalue weighted by Gasteiger charge is -2.10. The van der Waals surface area contributed by atoms with Gasteiger partial charge in [0.1, 0.15) is 23.5 Å². The number of methoxy groups -OCH3 is 1. The van der Waals surface area contributed by atoms with Crippen LogP contribution in [0.4, 0.5) is 10.2 Å². The Balaban J connectivity index is 1.91.